The molecule has 3 heterocycles. The first-order valence-electron chi connectivity index (χ1n) is 7.82. The van der Waals surface area contributed by atoms with Crippen LogP contribution in [0.4, 0.5) is 0 Å². The zero-order valence-corrected chi connectivity index (χ0v) is 14.2. The summed E-state index contributed by atoms with van der Waals surface area (Å²) in [5, 5.41) is 8.30. The van der Waals surface area contributed by atoms with Crippen LogP contribution in [0.25, 0.3) is 22.3 Å². The van der Waals surface area contributed by atoms with E-state index in [1.807, 2.05) is 43.3 Å². The van der Waals surface area contributed by atoms with E-state index in [0.717, 1.165) is 16.5 Å². The third-order valence-electron chi connectivity index (χ3n) is 3.92. The summed E-state index contributed by atoms with van der Waals surface area (Å²) < 4.78 is 0. The first-order chi connectivity index (χ1) is 12.2. The molecule has 0 spiro atoms. The summed E-state index contributed by atoms with van der Waals surface area (Å²) in [6.45, 7) is 1.87. The predicted molar refractivity (Wildman–Crippen MR) is 97.6 cm³/mol. The van der Waals surface area contributed by atoms with Crippen LogP contribution in [0, 0.1) is 0 Å². The number of H-pyrrole nitrogens is 2. The van der Waals surface area contributed by atoms with Gasteiger partial charge in [-0.05, 0) is 25.1 Å². The molecule has 0 saturated carbocycles. The number of ketones is 1. The van der Waals surface area contributed by atoms with Crippen LogP contribution in [0.5, 0.6) is 0 Å². The summed E-state index contributed by atoms with van der Waals surface area (Å²) in [5.41, 5.74) is 2.56. The molecule has 1 aromatic carbocycles. The average Bonchev–Trinajstić information content (AvgIpc) is 3.29. The number of aromatic amines is 2. The van der Waals surface area contributed by atoms with Crippen LogP contribution in [0.3, 0.4) is 0 Å². The Kier molecular flexibility index (Phi) is 4.07. The van der Waals surface area contributed by atoms with Crippen molar-refractivity contribution in [2.24, 2.45) is 0 Å². The molecule has 25 heavy (non-hydrogen) atoms. The topological polar surface area (TPSA) is 87.3 Å². The van der Waals surface area contributed by atoms with Gasteiger partial charge < -0.3 is 4.98 Å². The Morgan fingerprint density at radius 1 is 1.16 bits per heavy atom. The van der Waals surface area contributed by atoms with Gasteiger partial charge in [-0.2, -0.15) is 0 Å². The largest absolute Gasteiger partial charge is 0.360 e. The second-order valence-electron chi connectivity index (χ2n) is 5.57. The van der Waals surface area contributed by atoms with E-state index in [-0.39, 0.29) is 11.0 Å². The van der Waals surface area contributed by atoms with Gasteiger partial charge in [-0.3, -0.25) is 14.9 Å². The molecule has 1 atom stereocenters. The number of thioether (sulfide) groups is 1. The Hall–Kier alpha value is -2.93. The van der Waals surface area contributed by atoms with E-state index in [9.17, 15) is 4.79 Å². The van der Waals surface area contributed by atoms with Gasteiger partial charge in [0.2, 0.25) is 5.16 Å². The van der Waals surface area contributed by atoms with Crippen molar-refractivity contribution < 1.29 is 4.79 Å². The molecule has 0 radical (unpaired) electrons. The van der Waals surface area contributed by atoms with Crippen molar-refractivity contribution in [2.45, 2.75) is 17.3 Å². The maximum Gasteiger partial charge on any atom is 0.209 e. The molecule has 4 aromatic rings. The number of pyridine rings is 1. The summed E-state index contributed by atoms with van der Waals surface area (Å²) in [6.07, 6.45) is 5.17. The number of carbonyl (C=O) groups excluding carboxylic acids is 1. The Morgan fingerprint density at radius 2 is 1.96 bits per heavy atom. The van der Waals surface area contributed by atoms with Crippen molar-refractivity contribution in [1.82, 2.24) is 25.1 Å². The highest BCUT2D eigenvalue weighted by Gasteiger charge is 2.21. The molecule has 0 amide bonds. The fourth-order valence-corrected chi connectivity index (χ4v) is 3.44. The molecule has 6 nitrogen and oxygen atoms in total. The highest BCUT2D eigenvalue weighted by molar-refractivity contribution is 8.00. The Balaban J connectivity index is 1.53. The molecule has 0 bridgehead atoms. The molecule has 0 aliphatic rings. The fraction of sp³-hybridized carbons (Fsp3) is 0.111. The Morgan fingerprint density at radius 3 is 2.80 bits per heavy atom. The molecule has 124 valence electrons. The van der Waals surface area contributed by atoms with E-state index in [2.05, 4.69) is 25.1 Å². The molecule has 0 unspecified atom stereocenters. The number of nitrogens with one attached hydrogen (secondary N) is 2. The van der Waals surface area contributed by atoms with Crippen molar-refractivity contribution in [3.63, 3.8) is 0 Å². The monoisotopic (exact) mass is 349 g/mol. The average molecular weight is 349 g/mol. The van der Waals surface area contributed by atoms with E-state index in [1.165, 1.54) is 11.8 Å². The maximum atomic E-state index is 12.8. The SMILES string of the molecule is C[C@H](Sc1n[nH]c(-c2ccncc2)n1)C(=O)c1c[nH]c2ccccc12. The molecular formula is C18H15N5OS. The number of hydrogen-bond donors (Lipinski definition) is 2. The molecule has 0 saturated heterocycles. The number of para-hydroxylation sites is 1. The first-order valence-corrected chi connectivity index (χ1v) is 8.70. The normalized spacial score (nSPS) is 12.4. The molecule has 0 fully saturated rings. The minimum atomic E-state index is -0.291. The van der Waals surface area contributed by atoms with Crippen LogP contribution in [-0.4, -0.2) is 36.2 Å². The lowest BCUT2D eigenvalue weighted by molar-refractivity contribution is 0.0995. The number of Topliss-reactive ketones (excluding diaryl/α,β-unsaturated/α-hetero) is 1. The third-order valence-corrected chi connectivity index (χ3v) is 4.89. The number of carbonyl (C=O) groups is 1. The molecule has 0 aliphatic heterocycles. The van der Waals surface area contributed by atoms with Crippen molar-refractivity contribution in [2.75, 3.05) is 0 Å². The van der Waals surface area contributed by atoms with Crippen LogP contribution >= 0.6 is 11.8 Å². The lowest BCUT2D eigenvalue weighted by Crippen LogP contribution is -2.13. The van der Waals surface area contributed by atoms with Gasteiger partial charge >= 0.3 is 0 Å². The van der Waals surface area contributed by atoms with Crippen LogP contribution in [-0.2, 0) is 0 Å². The van der Waals surface area contributed by atoms with Gasteiger partial charge in [0.15, 0.2) is 11.6 Å². The van der Waals surface area contributed by atoms with Gasteiger partial charge in [-0.15, -0.1) is 5.10 Å². The smallest absolute Gasteiger partial charge is 0.209 e. The second-order valence-corrected chi connectivity index (χ2v) is 6.88. The molecule has 2 N–H and O–H groups in total. The maximum absolute atomic E-state index is 12.8. The number of aromatic nitrogens is 5. The van der Waals surface area contributed by atoms with Gasteiger partial charge in [-0.25, -0.2) is 4.98 Å². The molecule has 4 rings (SSSR count). The fourth-order valence-electron chi connectivity index (χ4n) is 2.64. The lowest BCUT2D eigenvalue weighted by atomic mass is 10.1. The van der Waals surface area contributed by atoms with Crippen molar-refractivity contribution in [3.8, 4) is 11.4 Å². The van der Waals surface area contributed by atoms with Gasteiger partial charge in [0.05, 0.1) is 5.25 Å². The third kappa shape index (κ3) is 3.06. The van der Waals surface area contributed by atoms with E-state index < -0.39 is 0 Å². The summed E-state index contributed by atoms with van der Waals surface area (Å²) in [6, 6.07) is 11.5. The van der Waals surface area contributed by atoms with Crippen LogP contribution < -0.4 is 0 Å². The minimum Gasteiger partial charge on any atom is -0.360 e. The number of nitrogens with zero attached hydrogens (tertiary/aromatic N) is 3. The quantitative estimate of drug-likeness (QED) is 0.424. The number of benzene rings is 1. The van der Waals surface area contributed by atoms with Crippen molar-refractivity contribution in [1.29, 1.82) is 0 Å². The number of rotatable bonds is 5. The van der Waals surface area contributed by atoms with Gasteiger partial charge in [-0.1, -0.05) is 30.0 Å². The highest BCUT2D eigenvalue weighted by Crippen LogP contribution is 2.27. The zero-order chi connectivity index (χ0) is 17.2. The predicted octanol–water partition coefficient (Wildman–Crippen LogP) is 3.71. The standard InChI is InChI=1S/C18H15N5OS/c1-11(16(24)14-10-20-15-5-3-2-4-13(14)15)25-18-21-17(22-23-18)12-6-8-19-9-7-12/h2-11,20H,1H3,(H,21,22,23)/t11-/m0/s1. The van der Waals surface area contributed by atoms with Crippen LogP contribution in [0.1, 0.15) is 17.3 Å². The van der Waals surface area contributed by atoms with E-state index in [4.69, 9.17) is 0 Å². The van der Waals surface area contributed by atoms with Gasteiger partial charge in [0.25, 0.3) is 0 Å². The Bertz CT molecular complexity index is 1020. The van der Waals surface area contributed by atoms with Crippen LogP contribution in [0.15, 0.2) is 60.1 Å². The van der Waals surface area contributed by atoms with E-state index in [1.54, 1.807) is 18.6 Å². The highest BCUT2D eigenvalue weighted by atomic mass is 32.2. The summed E-state index contributed by atoms with van der Waals surface area (Å²) in [5.74, 6) is 0.717. The lowest BCUT2D eigenvalue weighted by Gasteiger charge is -2.06. The molecular weight excluding hydrogens is 334 g/mol. The summed E-state index contributed by atoms with van der Waals surface area (Å²) >= 11 is 1.34. The number of fused-ring (bicyclic) bond motifs is 1. The van der Waals surface area contributed by atoms with Crippen molar-refractivity contribution >= 4 is 28.4 Å². The molecule has 7 heteroatoms. The van der Waals surface area contributed by atoms with E-state index >= 15 is 0 Å². The van der Waals surface area contributed by atoms with Crippen molar-refractivity contribution in [3.05, 3.63) is 60.6 Å². The molecule has 3 aromatic heterocycles. The van der Waals surface area contributed by atoms with Gasteiger partial charge in [0.1, 0.15) is 0 Å². The van der Waals surface area contributed by atoms with Crippen LogP contribution in [0.2, 0.25) is 0 Å². The minimum absolute atomic E-state index is 0.0534. The summed E-state index contributed by atoms with van der Waals surface area (Å²) in [7, 11) is 0. The zero-order valence-electron chi connectivity index (χ0n) is 13.4. The number of hydrogen-bond acceptors (Lipinski definition) is 5. The van der Waals surface area contributed by atoms with E-state index in [0.29, 0.717) is 16.5 Å². The molecule has 0 aliphatic carbocycles. The second kappa shape index (κ2) is 6.52. The van der Waals surface area contributed by atoms with Gasteiger partial charge in [0, 0.05) is 40.6 Å². The Labute approximate surface area is 148 Å². The summed E-state index contributed by atoms with van der Waals surface area (Å²) in [4.78, 5) is 24.4. The first kappa shape index (κ1) is 15.6.